The van der Waals surface area contributed by atoms with Crippen molar-refractivity contribution >= 4 is 34.4 Å². The highest BCUT2D eigenvalue weighted by atomic mass is 32.2. The predicted octanol–water partition coefficient (Wildman–Crippen LogP) is 5.72. The Morgan fingerprint density at radius 2 is 1.77 bits per heavy atom. The van der Waals surface area contributed by atoms with Crippen molar-refractivity contribution in [3.8, 4) is 22.8 Å². The molecule has 1 saturated heterocycles. The minimum Gasteiger partial charge on any atom is -0.406 e. The minimum absolute atomic E-state index is 0.164. The Balaban J connectivity index is 1.24. The third-order valence-electron chi connectivity index (χ3n) is 6.27. The number of hydrogen-bond acceptors (Lipinski definition) is 8. The predicted molar refractivity (Wildman–Crippen MR) is 155 cm³/mol. The highest BCUT2D eigenvalue weighted by Gasteiger charge is 2.32. The van der Waals surface area contributed by atoms with Crippen molar-refractivity contribution in [1.29, 1.82) is 0 Å². The molecule has 1 aliphatic heterocycles. The molecule has 1 atom stereocenters. The number of thioether (sulfide) groups is 1. The number of carbonyl (C=O) groups is 1. The molecule has 1 amide bonds. The highest BCUT2D eigenvalue weighted by molar-refractivity contribution is 8.15. The normalized spacial score (nSPS) is 15.7. The molecule has 9 nitrogen and oxygen atoms in total. The van der Waals surface area contributed by atoms with Crippen LogP contribution in [0.2, 0.25) is 0 Å². The van der Waals surface area contributed by atoms with Crippen molar-refractivity contribution in [3.63, 3.8) is 0 Å². The number of para-hydroxylation sites is 1. The fourth-order valence-corrected chi connectivity index (χ4v) is 5.19. The molecular weight excluding hydrogens is 588 g/mol. The first-order valence-electron chi connectivity index (χ1n) is 12.8. The number of amides is 1. The van der Waals surface area contributed by atoms with Gasteiger partial charge >= 0.3 is 6.36 Å². The maximum Gasteiger partial charge on any atom is 0.573 e. The topological polar surface area (TPSA) is 105 Å². The second-order valence-corrected chi connectivity index (χ2v) is 10.3. The molecule has 3 aromatic carbocycles. The molecule has 1 aliphatic rings. The van der Waals surface area contributed by atoms with Crippen molar-refractivity contribution in [2.75, 3.05) is 10.7 Å². The molecule has 0 aliphatic carbocycles. The summed E-state index contributed by atoms with van der Waals surface area (Å²) in [7, 11) is 0. The summed E-state index contributed by atoms with van der Waals surface area (Å²) in [4.78, 5) is 22.4. The van der Waals surface area contributed by atoms with Crippen molar-refractivity contribution in [1.82, 2.24) is 20.1 Å². The number of nitrogens with one attached hydrogen (secondary N) is 1. The number of anilines is 1. The van der Waals surface area contributed by atoms with E-state index in [-0.39, 0.29) is 23.0 Å². The Kier molecular flexibility index (Phi) is 8.50. The van der Waals surface area contributed by atoms with E-state index in [2.05, 4.69) is 25.1 Å². The van der Waals surface area contributed by atoms with E-state index in [4.69, 9.17) is 0 Å². The molecule has 1 unspecified atom stereocenters. The molecule has 2 heterocycles. The third-order valence-corrected chi connectivity index (χ3v) is 7.20. The molecule has 0 spiro atoms. The number of ether oxygens (including phenoxy) is 1. The SMILES string of the molecule is Cc1cccc(C)c1N1C(=O)CSC1=NC(O)N/C=C(\F)c1ccc(-c2ncn(-c3ccc(OC(F)(F)F)cc3)n2)cc1. The fraction of sp³-hybridized carbons (Fsp3) is 0.172. The van der Waals surface area contributed by atoms with E-state index < -0.39 is 18.5 Å². The van der Waals surface area contributed by atoms with Gasteiger partial charge in [-0.25, -0.2) is 19.0 Å². The van der Waals surface area contributed by atoms with Gasteiger partial charge in [-0.1, -0.05) is 54.2 Å². The number of aliphatic hydroxyl groups excluding tert-OH is 1. The lowest BCUT2D eigenvalue weighted by molar-refractivity contribution is -0.274. The fourth-order valence-electron chi connectivity index (χ4n) is 4.31. The first-order valence-corrected chi connectivity index (χ1v) is 13.8. The molecule has 43 heavy (non-hydrogen) atoms. The van der Waals surface area contributed by atoms with Crippen LogP contribution >= 0.6 is 11.8 Å². The van der Waals surface area contributed by atoms with Crippen LogP contribution in [-0.4, -0.2) is 49.4 Å². The molecule has 1 aromatic heterocycles. The smallest absolute Gasteiger partial charge is 0.406 e. The lowest BCUT2D eigenvalue weighted by Gasteiger charge is -2.21. The van der Waals surface area contributed by atoms with Crippen LogP contribution in [0.5, 0.6) is 5.75 Å². The zero-order chi connectivity index (χ0) is 30.7. The van der Waals surface area contributed by atoms with E-state index in [0.29, 0.717) is 27.9 Å². The van der Waals surface area contributed by atoms with E-state index in [1.165, 1.54) is 51.9 Å². The standard InChI is InChI=1S/C29H24F4N6O3S/c1-17-4-3-5-18(2)25(17)39-24(40)15-43-28(39)36-27(41)34-14-23(30)19-6-8-20(9-7-19)26-35-16-38(37-26)21-10-12-22(13-11-21)42-29(31,32)33/h3-14,16,27,34,41H,15H2,1-2H3/b23-14-,36-28?. The molecule has 2 N–H and O–H groups in total. The van der Waals surface area contributed by atoms with Crippen molar-refractivity contribution < 1.29 is 32.2 Å². The van der Waals surface area contributed by atoms with Gasteiger partial charge in [0.1, 0.15) is 17.9 Å². The zero-order valence-corrected chi connectivity index (χ0v) is 23.5. The lowest BCUT2D eigenvalue weighted by atomic mass is 10.1. The molecule has 0 bridgehead atoms. The molecule has 5 rings (SSSR count). The average molecular weight is 613 g/mol. The molecule has 0 radical (unpaired) electrons. The van der Waals surface area contributed by atoms with Gasteiger partial charge in [0.05, 0.1) is 17.1 Å². The zero-order valence-electron chi connectivity index (χ0n) is 22.7. The maximum atomic E-state index is 14.9. The summed E-state index contributed by atoms with van der Waals surface area (Å²) in [6, 6.07) is 17.0. The van der Waals surface area contributed by atoms with Crippen LogP contribution in [0.3, 0.4) is 0 Å². The number of aromatic nitrogens is 3. The molecule has 0 saturated carbocycles. The number of amidine groups is 1. The van der Waals surface area contributed by atoms with Gasteiger partial charge in [-0.2, -0.15) is 0 Å². The van der Waals surface area contributed by atoms with Crippen LogP contribution in [-0.2, 0) is 4.79 Å². The van der Waals surface area contributed by atoms with Gasteiger partial charge < -0.3 is 15.2 Å². The van der Waals surface area contributed by atoms with Gasteiger partial charge in [-0.15, -0.1) is 18.3 Å². The van der Waals surface area contributed by atoms with Crippen LogP contribution in [0.1, 0.15) is 16.7 Å². The van der Waals surface area contributed by atoms with Crippen molar-refractivity contribution in [3.05, 3.63) is 95.9 Å². The maximum absolute atomic E-state index is 14.9. The number of aliphatic imine (C=N–C) groups is 1. The van der Waals surface area contributed by atoms with E-state index in [1.54, 1.807) is 12.1 Å². The van der Waals surface area contributed by atoms with Gasteiger partial charge in [0, 0.05) is 17.3 Å². The molecule has 4 aromatic rings. The Hall–Kier alpha value is -4.69. The number of aryl methyl sites for hydroxylation is 2. The monoisotopic (exact) mass is 612 g/mol. The minimum atomic E-state index is -4.79. The summed E-state index contributed by atoms with van der Waals surface area (Å²) in [6.45, 7) is 3.77. The van der Waals surface area contributed by atoms with Crippen LogP contribution < -0.4 is 15.0 Å². The van der Waals surface area contributed by atoms with Crippen LogP contribution in [0, 0.1) is 13.8 Å². The van der Waals surface area contributed by atoms with Gasteiger partial charge in [0.2, 0.25) is 12.3 Å². The molecule has 222 valence electrons. The summed E-state index contributed by atoms with van der Waals surface area (Å²) in [5.41, 5.74) is 3.72. The Morgan fingerprint density at radius 1 is 1.09 bits per heavy atom. The summed E-state index contributed by atoms with van der Waals surface area (Å²) < 4.78 is 57.3. The number of rotatable bonds is 8. The summed E-state index contributed by atoms with van der Waals surface area (Å²) in [5, 5.41) is 17.5. The Bertz CT molecular complexity index is 1670. The lowest BCUT2D eigenvalue weighted by Crippen LogP contribution is -2.33. The number of benzene rings is 3. The van der Waals surface area contributed by atoms with Crippen molar-refractivity contribution in [2.45, 2.75) is 26.6 Å². The summed E-state index contributed by atoms with van der Waals surface area (Å²) in [5.74, 6) is -0.710. The molecule has 14 heteroatoms. The van der Waals surface area contributed by atoms with Crippen LogP contribution in [0.15, 0.2) is 84.2 Å². The van der Waals surface area contributed by atoms with Gasteiger partial charge in [-0.05, 0) is 49.2 Å². The quantitative estimate of drug-likeness (QED) is 0.194. The number of aliphatic hydroxyl groups is 1. The first-order chi connectivity index (χ1) is 20.5. The summed E-state index contributed by atoms with van der Waals surface area (Å²) in [6.07, 6.45) is -3.92. The molecular formula is C29H24F4N6O3S. The van der Waals surface area contributed by atoms with E-state index in [9.17, 15) is 27.5 Å². The molecule has 1 fully saturated rings. The van der Waals surface area contributed by atoms with Gasteiger partial charge in [-0.3, -0.25) is 9.69 Å². The van der Waals surface area contributed by atoms with Gasteiger partial charge in [0.15, 0.2) is 11.0 Å². The van der Waals surface area contributed by atoms with Gasteiger partial charge in [0.25, 0.3) is 0 Å². The first kappa shape index (κ1) is 29.8. The average Bonchev–Trinajstić information content (AvgIpc) is 3.59. The van der Waals surface area contributed by atoms with E-state index >= 15 is 0 Å². The van der Waals surface area contributed by atoms with E-state index in [0.717, 1.165) is 29.5 Å². The largest absolute Gasteiger partial charge is 0.573 e. The van der Waals surface area contributed by atoms with Crippen LogP contribution in [0.25, 0.3) is 22.9 Å². The number of halogens is 4. The van der Waals surface area contributed by atoms with Crippen molar-refractivity contribution in [2.24, 2.45) is 4.99 Å². The third kappa shape index (κ3) is 7.04. The van der Waals surface area contributed by atoms with E-state index in [1.807, 2.05) is 32.0 Å². The second-order valence-electron chi connectivity index (χ2n) is 9.33. The number of alkyl halides is 3. The number of carbonyl (C=O) groups excluding carboxylic acids is 1. The Labute approximate surface area is 247 Å². The Morgan fingerprint density at radius 3 is 2.42 bits per heavy atom. The number of hydrogen-bond donors (Lipinski definition) is 2. The van der Waals surface area contributed by atoms with Crippen LogP contribution in [0.4, 0.5) is 23.2 Å². The highest BCUT2D eigenvalue weighted by Crippen LogP contribution is 2.32. The number of nitrogens with zero attached hydrogens (tertiary/aromatic N) is 5. The second kappa shape index (κ2) is 12.3. The summed E-state index contributed by atoms with van der Waals surface area (Å²) >= 11 is 1.18.